The Morgan fingerprint density at radius 2 is 2.25 bits per heavy atom. The smallest absolute Gasteiger partial charge is 0.224 e. The number of carbonyl (C=O) groups excluding carboxylic acids is 1. The zero-order valence-electron chi connectivity index (χ0n) is 11.9. The van der Waals surface area contributed by atoms with Gasteiger partial charge in [0, 0.05) is 17.8 Å². The third kappa shape index (κ3) is 2.71. The van der Waals surface area contributed by atoms with Gasteiger partial charge in [-0.05, 0) is 55.6 Å². The molecule has 3 heteroatoms. The van der Waals surface area contributed by atoms with Crippen molar-refractivity contribution in [1.29, 1.82) is 0 Å². The third-order valence-corrected chi connectivity index (χ3v) is 4.93. The summed E-state index contributed by atoms with van der Waals surface area (Å²) in [5.41, 5.74) is 2.86. The van der Waals surface area contributed by atoms with Crippen LogP contribution in [0, 0.1) is 11.8 Å². The first-order valence-electron chi connectivity index (χ1n) is 7.68. The van der Waals surface area contributed by atoms with Crippen LogP contribution in [0.2, 0.25) is 0 Å². The lowest BCUT2D eigenvalue weighted by atomic mass is 9.92. The molecule has 0 heterocycles. The van der Waals surface area contributed by atoms with Crippen molar-refractivity contribution in [1.82, 2.24) is 5.32 Å². The summed E-state index contributed by atoms with van der Waals surface area (Å²) in [7, 11) is 0. The molecule has 0 spiro atoms. The Morgan fingerprint density at radius 1 is 1.45 bits per heavy atom. The molecule has 1 saturated carbocycles. The van der Waals surface area contributed by atoms with E-state index in [0.29, 0.717) is 11.8 Å². The number of alkyl halides is 1. The largest absolute Gasteiger partial charge is 0.356 e. The van der Waals surface area contributed by atoms with E-state index in [1.807, 2.05) is 6.92 Å². The van der Waals surface area contributed by atoms with Crippen LogP contribution < -0.4 is 5.32 Å². The number of carbonyl (C=O) groups is 1. The zero-order valence-corrected chi connectivity index (χ0v) is 12.7. The second-order valence-electron chi connectivity index (χ2n) is 6.17. The Hall–Kier alpha value is -1.02. The standard InChI is InChI=1S/C17H22ClNO/c1-11(18)5-4-10-19-17(20)16-14-9-8-12-6-2-3-7-13(12)15(14)16/h2-3,6-7,11,14-16H,4-5,8-10H2,1H3,(H,19,20). The lowest BCUT2D eigenvalue weighted by Crippen LogP contribution is -2.27. The van der Waals surface area contributed by atoms with Crippen molar-refractivity contribution < 1.29 is 4.79 Å². The van der Waals surface area contributed by atoms with E-state index in [1.54, 1.807) is 0 Å². The molecule has 2 aliphatic carbocycles. The molecule has 3 rings (SSSR count). The Balaban J connectivity index is 1.55. The minimum atomic E-state index is 0.197. The molecule has 0 radical (unpaired) electrons. The average Bonchev–Trinajstić information content (AvgIpc) is 3.18. The molecule has 1 amide bonds. The minimum Gasteiger partial charge on any atom is -0.356 e. The van der Waals surface area contributed by atoms with Crippen molar-refractivity contribution >= 4 is 17.5 Å². The van der Waals surface area contributed by atoms with Crippen molar-refractivity contribution in [2.45, 2.75) is 43.9 Å². The minimum absolute atomic E-state index is 0.197. The monoisotopic (exact) mass is 291 g/mol. The highest BCUT2D eigenvalue weighted by atomic mass is 35.5. The molecule has 1 fully saturated rings. The first kappa shape index (κ1) is 13.9. The number of benzene rings is 1. The lowest BCUT2D eigenvalue weighted by molar-refractivity contribution is -0.122. The average molecular weight is 292 g/mol. The predicted octanol–water partition coefficient (Wildman–Crippen LogP) is 3.49. The van der Waals surface area contributed by atoms with Gasteiger partial charge in [-0.15, -0.1) is 11.6 Å². The van der Waals surface area contributed by atoms with E-state index in [9.17, 15) is 4.79 Å². The van der Waals surface area contributed by atoms with E-state index in [0.717, 1.165) is 25.8 Å². The number of halogens is 1. The first-order chi connectivity index (χ1) is 9.68. The van der Waals surface area contributed by atoms with Gasteiger partial charge in [-0.2, -0.15) is 0 Å². The summed E-state index contributed by atoms with van der Waals surface area (Å²) in [5, 5.41) is 3.29. The first-order valence-corrected chi connectivity index (χ1v) is 8.11. The fraction of sp³-hybridized carbons (Fsp3) is 0.588. The topological polar surface area (TPSA) is 29.1 Å². The van der Waals surface area contributed by atoms with Crippen molar-refractivity contribution in [3.8, 4) is 0 Å². The maximum absolute atomic E-state index is 12.3. The van der Waals surface area contributed by atoms with E-state index < -0.39 is 0 Å². The molecular formula is C17H22ClNO. The van der Waals surface area contributed by atoms with Gasteiger partial charge < -0.3 is 5.32 Å². The van der Waals surface area contributed by atoms with Crippen LogP contribution in [-0.4, -0.2) is 17.8 Å². The SMILES string of the molecule is CC(Cl)CCCNC(=O)C1C2CCc3ccccc3C21. The molecule has 4 unspecified atom stereocenters. The quantitative estimate of drug-likeness (QED) is 0.653. The molecule has 1 N–H and O–H groups in total. The summed E-state index contributed by atoms with van der Waals surface area (Å²) in [6.07, 6.45) is 4.22. The van der Waals surface area contributed by atoms with Gasteiger partial charge in [-0.25, -0.2) is 0 Å². The number of amides is 1. The number of nitrogens with one attached hydrogen (secondary N) is 1. The summed E-state index contributed by atoms with van der Waals surface area (Å²) >= 11 is 5.91. The van der Waals surface area contributed by atoms with Gasteiger partial charge in [0.2, 0.25) is 5.91 Å². The van der Waals surface area contributed by atoms with Crippen LogP contribution in [0.5, 0.6) is 0 Å². The highest BCUT2D eigenvalue weighted by molar-refractivity contribution is 6.20. The molecule has 4 atom stereocenters. The van der Waals surface area contributed by atoms with Crippen molar-refractivity contribution in [2.75, 3.05) is 6.54 Å². The molecule has 0 aliphatic heterocycles. The molecule has 108 valence electrons. The van der Waals surface area contributed by atoms with Gasteiger partial charge in [-0.3, -0.25) is 4.79 Å². The van der Waals surface area contributed by atoms with Crippen LogP contribution in [0.3, 0.4) is 0 Å². The summed E-state index contributed by atoms with van der Waals surface area (Å²) in [4.78, 5) is 12.3. The molecule has 20 heavy (non-hydrogen) atoms. The maximum Gasteiger partial charge on any atom is 0.224 e. The van der Waals surface area contributed by atoms with Gasteiger partial charge in [0.05, 0.1) is 0 Å². The molecule has 2 nitrogen and oxygen atoms in total. The lowest BCUT2D eigenvalue weighted by Gasteiger charge is -2.13. The molecule has 0 aromatic heterocycles. The Kier molecular flexibility index (Phi) is 4.02. The van der Waals surface area contributed by atoms with E-state index in [-0.39, 0.29) is 17.2 Å². The number of fused-ring (bicyclic) bond motifs is 3. The number of aryl methyl sites for hydroxylation is 1. The Labute approximate surface area is 125 Å². The van der Waals surface area contributed by atoms with Crippen molar-refractivity contribution in [3.63, 3.8) is 0 Å². The highest BCUT2D eigenvalue weighted by Gasteiger charge is 2.56. The van der Waals surface area contributed by atoms with Gasteiger partial charge in [0.15, 0.2) is 0 Å². The van der Waals surface area contributed by atoms with Crippen molar-refractivity contribution in [2.24, 2.45) is 11.8 Å². The summed E-state index contributed by atoms with van der Waals surface area (Å²) in [6, 6.07) is 8.61. The Bertz CT molecular complexity index is 500. The normalized spacial score (nSPS) is 28.2. The predicted molar refractivity (Wildman–Crippen MR) is 82.0 cm³/mol. The third-order valence-electron chi connectivity index (χ3n) is 4.71. The number of hydrogen-bond acceptors (Lipinski definition) is 1. The van der Waals surface area contributed by atoms with Gasteiger partial charge in [0.1, 0.15) is 0 Å². The van der Waals surface area contributed by atoms with Crippen LogP contribution in [0.1, 0.15) is 43.2 Å². The zero-order chi connectivity index (χ0) is 14.1. The number of rotatable bonds is 5. The van der Waals surface area contributed by atoms with Crippen LogP contribution in [0.4, 0.5) is 0 Å². The van der Waals surface area contributed by atoms with Gasteiger partial charge >= 0.3 is 0 Å². The number of hydrogen-bond donors (Lipinski definition) is 1. The second kappa shape index (κ2) is 5.77. The van der Waals surface area contributed by atoms with E-state index in [4.69, 9.17) is 11.6 Å². The molecule has 0 bridgehead atoms. The molecular weight excluding hydrogens is 270 g/mol. The molecule has 2 aliphatic rings. The fourth-order valence-electron chi connectivity index (χ4n) is 3.64. The highest BCUT2D eigenvalue weighted by Crippen LogP contribution is 2.59. The maximum atomic E-state index is 12.3. The second-order valence-corrected chi connectivity index (χ2v) is 6.91. The van der Waals surface area contributed by atoms with Crippen LogP contribution in [0.15, 0.2) is 24.3 Å². The summed E-state index contributed by atoms with van der Waals surface area (Å²) < 4.78 is 0. The van der Waals surface area contributed by atoms with Crippen LogP contribution in [-0.2, 0) is 11.2 Å². The molecule has 1 aromatic carbocycles. The molecule has 1 aromatic rings. The molecule has 0 saturated heterocycles. The van der Waals surface area contributed by atoms with E-state index in [1.165, 1.54) is 17.5 Å². The van der Waals surface area contributed by atoms with E-state index >= 15 is 0 Å². The van der Waals surface area contributed by atoms with Crippen molar-refractivity contribution in [3.05, 3.63) is 35.4 Å². The Morgan fingerprint density at radius 3 is 3.05 bits per heavy atom. The van der Waals surface area contributed by atoms with Gasteiger partial charge in [-0.1, -0.05) is 24.3 Å². The van der Waals surface area contributed by atoms with E-state index in [2.05, 4.69) is 29.6 Å². The summed E-state index contributed by atoms with van der Waals surface area (Å²) in [6.45, 7) is 2.75. The van der Waals surface area contributed by atoms with Gasteiger partial charge in [0.25, 0.3) is 0 Å². The van der Waals surface area contributed by atoms with Crippen LogP contribution in [0.25, 0.3) is 0 Å². The van der Waals surface area contributed by atoms with Crippen LogP contribution >= 0.6 is 11.6 Å². The fourth-order valence-corrected chi connectivity index (χ4v) is 3.79. The summed E-state index contributed by atoms with van der Waals surface area (Å²) in [5.74, 6) is 1.52.